The van der Waals surface area contributed by atoms with E-state index in [0.29, 0.717) is 17.9 Å². The SMILES string of the molecule is C=C(C)CCOc1cc(C)c(S(=O)(=O)Cl)cc1C(C)(C)C. The van der Waals surface area contributed by atoms with Gasteiger partial charge in [0, 0.05) is 22.7 Å². The van der Waals surface area contributed by atoms with Crippen molar-refractivity contribution in [3.8, 4) is 5.75 Å². The van der Waals surface area contributed by atoms with E-state index in [4.69, 9.17) is 15.4 Å². The number of ether oxygens (including phenoxy) is 1. The van der Waals surface area contributed by atoms with Crippen LogP contribution in [0.4, 0.5) is 0 Å². The molecule has 0 unspecified atom stereocenters. The molecular weight excluding hydrogens is 308 g/mol. The molecule has 1 aromatic carbocycles. The minimum Gasteiger partial charge on any atom is -0.493 e. The second-order valence-corrected chi connectivity index (χ2v) is 8.89. The molecular formula is C16H23ClO3S. The van der Waals surface area contributed by atoms with Crippen LogP contribution in [0.15, 0.2) is 29.2 Å². The highest BCUT2D eigenvalue weighted by Crippen LogP contribution is 2.36. The molecule has 0 radical (unpaired) electrons. The molecule has 5 heteroatoms. The van der Waals surface area contributed by atoms with E-state index in [0.717, 1.165) is 17.6 Å². The van der Waals surface area contributed by atoms with Gasteiger partial charge in [-0.15, -0.1) is 6.58 Å². The average molecular weight is 331 g/mol. The van der Waals surface area contributed by atoms with Crippen molar-refractivity contribution in [2.24, 2.45) is 0 Å². The van der Waals surface area contributed by atoms with Crippen molar-refractivity contribution in [1.29, 1.82) is 0 Å². The first-order valence-electron chi connectivity index (χ1n) is 6.80. The van der Waals surface area contributed by atoms with Crippen molar-refractivity contribution >= 4 is 19.7 Å². The molecule has 0 aromatic heterocycles. The van der Waals surface area contributed by atoms with Crippen LogP contribution in [-0.2, 0) is 14.5 Å². The van der Waals surface area contributed by atoms with E-state index >= 15 is 0 Å². The summed E-state index contributed by atoms with van der Waals surface area (Å²) < 4.78 is 29.1. The first-order valence-corrected chi connectivity index (χ1v) is 9.11. The van der Waals surface area contributed by atoms with Crippen LogP contribution in [0.25, 0.3) is 0 Å². The summed E-state index contributed by atoms with van der Waals surface area (Å²) in [5.41, 5.74) is 2.21. The van der Waals surface area contributed by atoms with Gasteiger partial charge in [-0.25, -0.2) is 8.42 Å². The number of benzene rings is 1. The van der Waals surface area contributed by atoms with Gasteiger partial charge in [0.05, 0.1) is 11.5 Å². The van der Waals surface area contributed by atoms with Crippen LogP contribution >= 0.6 is 10.7 Å². The number of hydrogen-bond donors (Lipinski definition) is 0. The quantitative estimate of drug-likeness (QED) is 0.587. The van der Waals surface area contributed by atoms with Crippen LogP contribution in [0, 0.1) is 6.92 Å². The van der Waals surface area contributed by atoms with Gasteiger partial charge in [0.15, 0.2) is 0 Å². The molecule has 0 spiro atoms. The van der Waals surface area contributed by atoms with E-state index in [1.165, 1.54) is 0 Å². The third kappa shape index (κ3) is 5.04. The summed E-state index contributed by atoms with van der Waals surface area (Å²) in [6.07, 6.45) is 0.762. The summed E-state index contributed by atoms with van der Waals surface area (Å²) in [7, 11) is 1.74. The number of halogens is 1. The van der Waals surface area contributed by atoms with Crippen molar-refractivity contribution in [2.45, 2.75) is 51.3 Å². The highest BCUT2D eigenvalue weighted by molar-refractivity contribution is 8.13. The van der Waals surface area contributed by atoms with Crippen molar-refractivity contribution in [1.82, 2.24) is 0 Å². The summed E-state index contributed by atoms with van der Waals surface area (Å²) >= 11 is 0. The zero-order valence-electron chi connectivity index (χ0n) is 13.3. The molecule has 1 aromatic rings. The zero-order chi connectivity index (χ0) is 16.4. The van der Waals surface area contributed by atoms with Gasteiger partial charge in [-0.2, -0.15) is 0 Å². The summed E-state index contributed by atoms with van der Waals surface area (Å²) in [5.74, 6) is 0.699. The average Bonchev–Trinajstić information content (AvgIpc) is 2.24. The fourth-order valence-corrected chi connectivity index (χ4v) is 3.17. The normalized spacial score (nSPS) is 12.3. The highest BCUT2D eigenvalue weighted by Gasteiger charge is 2.24. The van der Waals surface area contributed by atoms with E-state index in [-0.39, 0.29) is 10.3 Å². The minimum atomic E-state index is -3.76. The molecule has 0 bridgehead atoms. The van der Waals surface area contributed by atoms with E-state index in [1.54, 1.807) is 19.1 Å². The molecule has 118 valence electrons. The van der Waals surface area contributed by atoms with E-state index in [9.17, 15) is 8.42 Å². The monoisotopic (exact) mass is 330 g/mol. The van der Waals surface area contributed by atoms with E-state index < -0.39 is 9.05 Å². The standard InChI is InChI=1S/C16H23ClO3S/c1-11(2)7-8-20-14-9-12(3)15(21(17,18)19)10-13(14)16(4,5)6/h9-10H,1,7-8H2,2-6H3. The van der Waals surface area contributed by atoms with Crippen molar-refractivity contribution in [3.63, 3.8) is 0 Å². The topological polar surface area (TPSA) is 43.4 Å². The van der Waals surface area contributed by atoms with Gasteiger partial charge >= 0.3 is 0 Å². The van der Waals surface area contributed by atoms with Gasteiger partial charge in [0.1, 0.15) is 5.75 Å². The van der Waals surface area contributed by atoms with Crippen LogP contribution in [0.5, 0.6) is 5.75 Å². The molecule has 0 aliphatic carbocycles. The van der Waals surface area contributed by atoms with Gasteiger partial charge < -0.3 is 4.74 Å². The van der Waals surface area contributed by atoms with Gasteiger partial charge in [-0.3, -0.25) is 0 Å². The Hall–Kier alpha value is -1.00. The number of rotatable bonds is 5. The highest BCUT2D eigenvalue weighted by atomic mass is 35.7. The van der Waals surface area contributed by atoms with Crippen LogP contribution in [0.2, 0.25) is 0 Å². The van der Waals surface area contributed by atoms with Crippen LogP contribution < -0.4 is 4.74 Å². The lowest BCUT2D eigenvalue weighted by Crippen LogP contribution is -2.15. The lowest BCUT2D eigenvalue weighted by molar-refractivity contribution is 0.312. The van der Waals surface area contributed by atoms with Crippen molar-refractivity contribution in [3.05, 3.63) is 35.4 Å². The molecule has 0 fully saturated rings. The molecule has 0 saturated carbocycles. The molecule has 0 amide bonds. The Morgan fingerprint density at radius 1 is 1.33 bits per heavy atom. The fraction of sp³-hybridized carbons (Fsp3) is 0.500. The summed E-state index contributed by atoms with van der Waals surface area (Å²) in [4.78, 5) is 0.140. The lowest BCUT2D eigenvalue weighted by Gasteiger charge is -2.24. The molecule has 21 heavy (non-hydrogen) atoms. The van der Waals surface area contributed by atoms with E-state index in [1.807, 2.05) is 27.7 Å². The Kier molecular flexibility index (Phi) is 5.51. The molecule has 0 saturated heterocycles. The van der Waals surface area contributed by atoms with Crippen LogP contribution in [0.3, 0.4) is 0 Å². The number of aryl methyl sites for hydroxylation is 1. The smallest absolute Gasteiger partial charge is 0.261 e. The summed E-state index contributed by atoms with van der Waals surface area (Å²) in [6.45, 7) is 14.0. The first kappa shape index (κ1) is 18.1. The predicted octanol–water partition coefficient (Wildman–Crippen LogP) is 4.57. The summed E-state index contributed by atoms with van der Waals surface area (Å²) in [6, 6.07) is 3.36. The maximum Gasteiger partial charge on any atom is 0.261 e. The maximum atomic E-state index is 11.7. The third-order valence-corrected chi connectivity index (χ3v) is 4.60. The van der Waals surface area contributed by atoms with Gasteiger partial charge in [0.25, 0.3) is 9.05 Å². The second-order valence-electron chi connectivity index (χ2n) is 6.36. The largest absolute Gasteiger partial charge is 0.493 e. The summed E-state index contributed by atoms with van der Waals surface area (Å²) in [5, 5.41) is 0. The van der Waals surface area contributed by atoms with Crippen LogP contribution in [0.1, 0.15) is 45.2 Å². The minimum absolute atomic E-state index is 0.140. The lowest BCUT2D eigenvalue weighted by atomic mass is 9.86. The molecule has 0 atom stereocenters. The van der Waals surface area contributed by atoms with Crippen molar-refractivity contribution < 1.29 is 13.2 Å². The first-order chi connectivity index (χ1) is 9.43. The Labute approximate surface area is 132 Å². The molecule has 0 heterocycles. The Balaban J connectivity index is 3.30. The molecule has 3 nitrogen and oxygen atoms in total. The number of hydrogen-bond acceptors (Lipinski definition) is 3. The molecule has 1 rings (SSSR count). The van der Waals surface area contributed by atoms with Gasteiger partial charge in [0.2, 0.25) is 0 Å². The maximum absolute atomic E-state index is 11.7. The van der Waals surface area contributed by atoms with E-state index in [2.05, 4.69) is 6.58 Å². The Bertz CT molecular complexity index is 640. The zero-order valence-corrected chi connectivity index (χ0v) is 14.9. The fourth-order valence-electron chi connectivity index (χ4n) is 1.97. The Morgan fingerprint density at radius 3 is 2.33 bits per heavy atom. The predicted molar refractivity (Wildman–Crippen MR) is 87.8 cm³/mol. The molecule has 0 aliphatic rings. The van der Waals surface area contributed by atoms with Gasteiger partial charge in [-0.05, 0) is 37.0 Å². The molecule has 0 N–H and O–H groups in total. The molecule has 0 aliphatic heterocycles. The van der Waals surface area contributed by atoms with Crippen LogP contribution in [-0.4, -0.2) is 15.0 Å². The van der Waals surface area contributed by atoms with Crippen molar-refractivity contribution in [2.75, 3.05) is 6.61 Å². The second kappa shape index (κ2) is 6.41. The third-order valence-electron chi connectivity index (χ3n) is 3.13. The van der Waals surface area contributed by atoms with Gasteiger partial charge in [-0.1, -0.05) is 26.3 Å². The Morgan fingerprint density at radius 2 is 1.90 bits per heavy atom.